The third-order valence-electron chi connectivity index (χ3n) is 3.83. The van der Waals surface area contributed by atoms with Gasteiger partial charge >= 0.3 is 0 Å². The molecule has 20 heavy (non-hydrogen) atoms. The van der Waals surface area contributed by atoms with Crippen molar-refractivity contribution in [1.29, 1.82) is 0 Å². The molecule has 0 bridgehead atoms. The third-order valence-corrected chi connectivity index (χ3v) is 3.83. The van der Waals surface area contributed by atoms with Crippen molar-refractivity contribution >= 4 is 5.91 Å². The van der Waals surface area contributed by atoms with Gasteiger partial charge in [0.25, 0.3) is 5.91 Å². The number of hydrogen-bond acceptors (Lipinski definition) is 2. The highest BCUT2D eigenvalue weighted by Gasteiger charge is 2.28. The number of aryl methyl sites for hydroxylation is 1. The average molecular weight is 267 g/mol. The zero-order chi connectivity index (χ0) is 13.9. The molecule has 0 aliphatic heterocycles. The Morgan fingerprint density at radius 1 is 1.05 bits per heavy atom. The molecule has 2 aromatic carbocycles. The quantitative estimate of drug-likeness (QED) is 0.878. The van der Waals surface area contributed by atoms with Gasteiger partial charge in [0, 0.05) is 5.56 Å². The summed E-state index contributed by atoms with van der Waals surface area (Å²) in [6, 6.07) is 16.7. The van der Waals surface area contributed by atoms with Crippen LogP contribution in [0, 0.1) is 0 Å². The van der Waals surface area contributed by atoms with Crippen molar-refractivity contribution in [2.24, 2.45) is 0 Å². The number of benzene rings is 2. The molecule has 3 nitrogen and oxygen atoms in total. The summed E-state index contributed by atoms with van der Waals surface area (Å²) >= 11 is 0. The first-order valence-electron chi connectivity index (χ1n) is 6.87. The highest BCUT2D eigenvalue weighted by Crippen LogP contribution is 2.29. The maximum Gasteiger partial charge on any atom is 0.251 e. The van der Waals surface area contributed by atoms with Gasteiger partial charge in [-0.25, -0.2) is 0 Å². The Bertz CT molecular complexity index is 609. The van der Waals surface area contributed by atoms with Gasteiger partial charge in [0.2, 0.25) is 0 Å². The molecule has 0 radical (unpaired) electrons. The monoisotopic (exact) mass is 267 g/mol. The predicted octanol–water partition coefficient (Wildman–Crippen LogP) is 2.46. The van der Waals surface area contributed by atoms with Crippen LogP contribution >= 0.6 is 0 Å². The molecule has 2 aromatic rings. The molecule has 3 heteroatoms. The number of fused-ring (bicyclic) bond motifs is 1. The standard InChI is InChI=1S/C17H17NO2/c19-16-14-9-5-4-6-12(14)10-11-15(16)18-17(20)13-7-2-1-3-8-13/h1-9,15-16,19H,10-11H2,(H,18,20)/t15-,16-/m1/s1. The van der Waals surface area contributed by atoms with Crippen LogP contribution in [-0.2, 0) is 6.42 Å². The van der Waals surface area contributed by atoms with E-state index in [1.807, 2.05) is 42.5 Å². The molecule has 0 saturated heterocycles. The summed E-state index contributed by atoms with van der Waals surface area (Å²) in [6.45, 7) is 0. The van der Waals surface area contributed by atoms with Gasteiger partial charge in [0.1, 0.15) is 0 Å². The van der Waals surface area contributed by atoms with Crippen LogP contribution in [0.2, 0.25) is 0 Å². The molecule has 0 heterocycles. The van der Waals surface area contributed by atoms with Crippen LogP contribution in [0.25, 0.3) is 0 Å². The Balaban J connectivity index is 1.75. The Labute approximate surface area is 118 Å². The summed E-state index contributed by atoms with van der Waals surface area (Å²) in [5.41, 5.74) is 2.72. The normalized spacial score (nSPS) is 21.1. The van der Waals surface area contributed by atoms with Crippen molar-refractivity contribution in [1.82, 2.24) is 5.32 Å². The van der Waals surface area contributed by atoms with Crippen LogP contribution < -0.4 is 5.32 Å². The number of aliphatic hydroxyl groups excluding tert-OH is 1. The molecule has 2 N–H and O–H groups in total. The molecule has 3 rings (SSSR count). The molecule has 0 fully saturated rings. The van der Waals surface area contributed by atoms with Crippen molar-refractivity contribution in [3.05, 3.63) is 71.3 Å². The van der Waals surface area contributed by atoms with Crippen molar-refractivity contribution < 1.29 is 9.90 Å². The number of hydrogen-bond donors (Lipinski definition) is 2. The first-order valence-corrected chi connectivity index (χ1v) is 6.87. The molecule has 0 unspecified atom stereocenters. The van der Waals surface area contributed by atoms with E-state index in [1.54, 1.807) is 12.1 Å². The maximum atomic E-state index is 12.1. The lowest BCUT2D eigenvalue weighted by molar-refractivity contribution is 0.0799. The second-order valence-corrected chi connectivity index (χ2v) is 5.13. The van der Waals surface area contributed by atoms with Crippen LogP contribution in [-0.4, -0.2) is 17.1 Å². The topological polar surface area (TPSA) is 49.3 Å². The van der Waals surface area contributed by atoms with Crippen molar-refractivity contribution in [2.75, 3.05) is 0 Å². The summed E-state index contributed by atoms with van der Waals surface area (Å²) in [5.74, 6) is -0.131. The van der Waals surface area contributed by atoms with Gasteiger partial charge < -0.3 is 10.4 Å². The second-order valence-electron chi connectivity index (χ2n) is 5.13. The van der Waals surface area contributed by atoms with E-state index in [1.165, 1.54) is 5.56 Å². The lowest BCUT2D eigenvalue weighted by Gasteiger charge is -2.30. The van der Waals surface area contributed by atoms with E-state index in [2.05, 4.69) is 5.32 Å². The fraction of sp³-hybridized carbons (Fsp3) is 0.235. The second kappa shape index (κ2) is 5.47. The number of carbonyl (C=O) groups excluding carboxylic acids is 1. The summed E-state index contributed by atoms with van der Waals surface area (Å²) < 4.78 is 0. The summed E-state index contributed by atoms with van der Waals surface area (Å²) in [7, 11) is 0. The fourth-order valence-corrected chi connectivity index (χ4v) is 2.73. The summed E-state index contributed by atoms with van der Waals surface area (Å²) in [4.78, 5) is 12.1. The highest BCUT2D eigenvalue weighted by atomic mass is 16.3. The SMILES string of the molecule is O=C(N[C@@H]1CCc2ccccc2[C@H]1O)c1ccccc1. The number of nitrogens with one attached hydrogen (secondary N) is 1. The van der Waals surface area contributed by atoms with Gasteiger partial charge in [-0.1, -0.05) is 42.5 Å². The van der Waals surface area contributed by atoms with Crippen molar-refractivity contribution in [3.8, 4) is 0 Å². The van der Waals surface area contributed by atoms with E-state index in [0.29, 0.717) is 5.56 Å². The number of amides is 1. The molecule has 0 spiro atoms. The number of rotatable bonds is 2. The summed E-state index contributed by atoms with van der Waals surface area (Å²) in [6.07, 6.45) is 1.01. The highest BCUT2D eigenvalue weighted by molar-refractivity contribution is 5.94. The first-order chi connectivity index (χ1) is 9.75. The van der Waals surface area contributed by atoms with E-state index < -0.39 is 6.10 Å². The Hall–Kier alpha value is -2.13. The van der Waals surface area contributed by atoms with Crippen LogP contribution in [0.1, 0.15) is 34.0 Å². The zero-order valence-electron chi connectivity index (χ0n) is 11.1. The molecular weight excluding hydrogens is 250 g/mol. The smallest absolute Gasteiger partial charge is 0.251 e. The van der Waals surface area contributed by atoms with E-state index in [4.69, 9.17) is 0 Å². The van der Waals surface area contributed by atoms with Crippen LogP contribution in [0.3, 0.4) is 0 Å². The number of aliphatic hydroxyl groups is 1. The molecule has 1 amide bonds. The van der Waals surface area contributed by atoms with Gasteiger partial charge in [-0.2, -0.15) is 0 Å². The van der Waals surface area contributed by atoms with E-state index >= 15 is 0 Å². The van der Waals surface area contributed by atoms with Crippen molar-refractivity contribution in [2.45, 2.75) is 25.0 Å². The minimum absolute atomic E-state index is 0.131. The van der Waals surface area contributed by atoms with Crippen LogP contribution in [0.4, 0.5) is 0 Å². The van der Waals surface area contributed by atoms with E-state index in [0.717, 1.165) is 18.4 Å². The summed E-state index contributed by atoms with van der Waals surface area (Å²) in [5, 5.41) is 13.3. The molecule has 1 aliphatic rings. The van der Waals surface area contributed by atoms with Gasteiger partial charge in [-0.05, 0) is 36.1 Å². The Morgan fingerprint density at radius 2 is 1.75 bits per heavy atom. The van der Waals surface area contributed by atoms with E-state index in [-0.39, 0.29) is 11.9 Å². The van der Waals surface area contributed by atoms with Gasteiger partial charge in [-0.3, -0.25) is 4.79 Å². The van der Waals surface area contributed by atoms with Gasteiger partial charge in [0.15, 0.2) is 0 Å². The fourth-order valence-electron chi connectivity index (χ4n) is 2.73. The minimum atomic E-state index is -0.632. The Kier molecular flexibility index (Phi) is 3.52. The molecule has 2 atom stereocenters. The van der Waals surface area contributed by atoms with Crippen molar-refractivity contribution in [3.63, 3.8) is 0 Å². The average Bonchev–Trinajstić information content (AvgIpc) is 2.51. The zero-order valence-corrected chi connectivity index (χ0v) is 11.1. The largest absolute Gasteiger partial charge is 0.386 e. The molecule has 102 valence electrons. The molecule has 0 aromatic heterocycles. The molecule has 1 aliphatic carbocycles. The van der Waals surface area contributed by atoms with Crippen LogP contribution in [0.5, 0.6) is 0 Å². The molecule has 0 saturated carbocycles. The van der Waals surface area contributed by atoms with Gasteiger partial charge in [0.05, 0.1) is 12.1 Å². The van der Waals surface area contributed by atoms with Gasteiger partial charge in [-0.15, -0.1) is 0 Å². The third kappa shape index (κ3) is 2.45. The maximum absolute atomic E-state index is 12.1. The lowest BCUT2D eigenvalue weighted by Crippen LogP contribution is -2.41. The minimum Gasteiger partial charge on any atom is -0.386 e. The van der Waals surface area contributed by atoms with E-state index in [9.17, 15) is 9.90 Å². The molecular formula is C17H17NO2. The van der Waals surface area contributed by atoms with Crippen LogP contribution in [0.15, 0.2) is 54.6 Å². The lowest BCUT2D eigenvalue weighted by atomic mass is 9.86. The predicted molar refractivity (Wildman–Crippen MR) is 77.4 cm³/mol. The Morgan fingerprint density at radius 3 is 2.55 bits per heavy atom. The first kappa shape index (κ1) is 12.9. The number of carbonyl (C=O) groups is 1.